The minimum Gasteiger partial charge on any atom is -0.480 e. The third kappa shape index (κ3) is 3.41. The lowest BCUT2D eigenvalue weighted by Crippen LogP contribution is -2.28. The summed E-state index contributed by atoms with van der Waals surface area (Å²) in [6.45, 7) is 0.334. The van der Waals surface area contributed by atoms with Crippen molar-refractivity contribution in [1.82, 2.24) is 24.5 Å². The number of methoxy groups -OCH3 is 1. The standard InChI is InChI=1S/C9H11BrN6O2S/c1-16-4-12-8(14-16)13-9(17)11-3-5-6(10)7(18-2)15-19-5/h4H,3H2,1-2H3,(H2,11,13,14,17). The summed E-state index contributed by atoms with van der Waals surface area (Å²) in [7, 11) is 3.26. The van der Waals surface area contributed by atoms with Crippen molar-refractivity contribution in [3.05, 3.63) is 15.7 Å². The summed E-state index contributed by atoms with van der Waals surface area (Å²) in [6, 6.07) is -0.384. The van der Waals surface area contributed by atoms with Gasteiger partial charge in [0.05, 0.1) is 23.0 Å². The van der Waals surface area contributed by atoms with Crippen LogP contribution in [0.4, 0.5) is 10.7 Å². The monoisotopic (exact) mass is 346 g/mol. The van der Waals surface area contributed by atoms with Gasteiger partial charge in [0.1, 0.15) is 6.33 Å². The molecule has 0 saturated heterocycles. The van der Waals surface area contributed by atoms with E-state index in [9.17, 15) is 4.79 Å². The van der Waals surface area contributed by atoms with Gasteiger partial charge in [0, 0.05) is 7.05 Å². The second-order valence-corrected chi connectivity index (χ2v) is 5.13. The van der Waals surface area contributed by atoms with Gasteiger partial charge in [-0.05, 0) is 27.5 Å². The van der Waals surface area contributed by atoms with Crippen LogP contribution in [0.5, 0.6) is 5.88 Å². The second-order valence-electron chi connectivity index (χ2n) is 3.48. The van der Waals surface area contributed by atoms with Crippen molar-refractivity contribution >= 4 is 39.4 Å². The van der Waals surface area contributed by atoms with Crippen LogP contribution in [0.3, 0.4) is 0 Å². The van der Waals surface area contributed by atoms with Crippen LogP contribution in [0, 0.1) is 0 Å². The first-order valence-corrected chi connectivity index (χ1v) is 6.75. The number of carbonyl (C=O) groups excluding carboxylic acids is 1. The molecule has 2 amide bonds. The molecular formula is C9H11BrN6O2S. The van der Waals surface area contributed by atoms with Gasteiger partial charge in [-0.15, -0.1) is 5.10 Å². The molecule has 0 radical (unpaired) electrons. The first-order valence-electron chi connectivity index (χ1n) is 5.18. The maximum Gasteiger partial charge on any atom is 0.321 e. The van der Waals surface area contributed by atoms with Gasteiger partial charge in [-0.2, -0.15) is 4.37 Å². The summed E-state index contributed by atoms with van der Waals surface area (Å²) < 4.78 is 11.4. The van der Waals surface area contributed by atoms with Crippen LogP contribution in [0.25, 0.3) is 0 Å². The molecule has 0 saturated carbocycles. The van der Waals surface area contributed by atoms with E-state index in [0.717, 1.165) is 9.35 Å². The van der Waals surface area contributed by atoms with Gasteiger partial charge < -0.3 is 10.1 Å². The molecule has 0 atom stereocenters. The molecule has 2 rings (SSSR count). The summed E-state index contributed by atoms with van der Waals surface area (Å²) in [6.07, 6.45) is 1.50. The molecule has 8 nitrogen and oxygen atoms in total. The predicted molar refractivity (Wildman–Crippen MR) is 73.2 cm³/mol. The fraction of sp³-hybridized carbons (Fsp3) is 0.333. The van der Waals surface area contributed by atoms with E-state index in [0.29, 0.717) is 12.4 Å². The highest BCUT2D eigenvalue weighted by Gasteiger charge is 2.12. The molecule has 19 heavy (non-hydrogen) atoms. The second kappa shape index (κ2) is 5.97. The molecule has 0 aliphatic heterocycles. The number of rotatable bonds is 4. The van der Waals surface area contributed by atoms with Crippen LogP contribution in [-0.4, -0.2) is 32.3 Å². The molecule has 102 valence electrons. The van der Waals surface area contributed by atoms with Crippen molar-refractivity contribution in [3.8, 4) is 5.88 Å². The zero-order valence-corrected chi connectivity index (χ0v) is 12.6. The number of nitrogens with one attached hydrogen (secondary N) is 2. The third-order valence-electron chi connectivity index (χ3n) is 2.10. The minimum absolute atomic E-state index is 0.251. The summed E-state index contributed by atoms with van der Waals surface area (Å²) in [4.78, 5) is 16.4. The molecule has 0 unspecified atom stereocenters. The highest BCUT2D eigenvalue weighted by Crippen LogP contribution is 2.30. The number of aromatic nitrogens is 4. The number of anilines is 1. The summed E-state index contributed by atoms with van der Waals surface area (Å²) in [5, 5.41) is 9.13. The van der Waals surface area contributed by atoms with Crippen molar-refractivity contribution in [3.63, 3.8) is 0 Å². The van der Waals surface area contributed by atoms with Crippen LogP contribution < -0.4 is 15.4 Å². The van der Waals surface area contributed by atoms with Crippen LogP contribution in [-0.2, 0) is 13.6 Å². The average Bonchev–Trinajstić information content (AvgIpc) is 2.93. The Morgan fingerprint density at radius 2 is 2.42 bits per heavy atom. The zero-order valence-electron chi connectivity index (χ0n) is 10.2. The van der Waals surface area contributed by atoms with Crippen molar-refractivity contribution in [2.45, 2.75) is 6.54 Å². The lowest BCUT2D eigenvalue weighted by Gasteiger charge is -2.03. The van der Waals surface area contributed by atoms with Crippen LogP contribution >= 0.6 is 27.5 Å². The smallest absolute Gasteiger partial charge is 0.321 e. The maximum atomic E-state index is 11.6. The Morgan fingerprint density at radius 1 is 1.63 bits per heavy atom. The van der Waals surface area contributed by atoms with Crippen molar-refractivity contribution in [1.29, 1.82) is 0 Å². The van der Waals surface area contributed by atoms with E-state index in [1.807, 2.05) is 0 Å². The molecule has 0 bridgehead atoms. The van der Waals surface area contributed by atoms with E-state index < -0.39 is 0 Å². The molecule has 0 aromatic carbocycles. The van der Waals surface area contributed by atoms with Gasteiger partial charge in [0.25, 0.3) is 0 Å². The van der Waals surface area contributed by atoms with Gasteiger partial charge in [-0.25, -0.2) is 9.78 Å². The van der Waals surface area contributed by atoms with Gasteiger partial charge >= 0.3 is 6.03 Å². The van der Waals surface area contributed by atoms with Crippen LogP contribution in [0.2, 0.25) is 0 Å². The molecule has 0 fully saturated rings. The predicted octanol–water partition coefficient (Wildman–Crippen LogP) is 1.36. The largest absolute Gasteiger partial charge is 0.480 e. The first kappa shape index (κ1) is 13.7. The molecule has 2 aromatic heterocycles. The molecule has 2 heterocycles. The lowest BCUT2D eigenvalue weighted by atomic mass is 10.5. The molecular weight excluding hydrogens is 336 g/mol. The van der Waals surface area contributed by atoms with E-state index in [1.165, 1.54) is 29.7 Å². The topological polar surface area (TPSA) is 94.0 Å². The number of amides is 2. The van der Waals surface area contributed by atoms with Crippen molar-refractivity contribution < 1.29 is 9.53 Å². The Labute approximate surface area is 121 Å². The highest BCUT2D eigenvalue weighted by atomic mass is 79.9. The average molecular weight is 347 g/mol. The fourth-order valence-corrected chi connectivity index (χ4v) is 2.62. The fourth-order valence-electron chi connectivity index (χ4n) is 1.24. The maximum absolute atomic E-state index is 11.6. The summed E-state index contributed by atoms with van der Waals surface area (Å²) >= 11 is 4.61. The first-order chi connectivity index (χ1) is 9.10. The number of ether oxygens (including phenoxy) is 1. The van der Waals surface area contributed by atoms with Gasteiger partial charge in [0.15, 0.2) is 0 Å². The number of hydrogen-bond donors (Lipinski definition) is 2. The van der Waals surface area contributed by atoms with Crippen LogP contribution in [0.1, 0.15) is 4.88 Å². The lowest BCUT2D eigenvalue weighted by molar-refractivity contribution is 0.251. The number of hydrogen-bond acceptors (Lipinski definition) is 6. The Kier molecular flexibility index (Phi) is 4.32. The van der Waals surface area contributed by atoms with Gasteiger partial charge in [-0.1, -0.05) is 0 Å². The number of carbonyl (C=O) groups is 1. The normalized spacial score (nSPS) is 10.3. The summed E-state index contributed by atoms with van der Waals surface area (Å²) in [5.74, 6) is 0.759. The number of aryl methyl sites for hydroxylation is 1. The molecule has 0 spiro atoms. The van der Waals surface area contributed by atoms with Gasteiger partial charge in [-0.3, -0.25) is 10.00 Å². The van der Waals surface area contributed by atoms with E-state index in [-0.39, 0.29) is 12.0 Å². The quantitative estimate of drug-likeness (QED) is 0.871. The molecule has 10 heteroatoms. The van der Waals surface area contributed by atoms with Crippen molar-refractivity contribution in [2.75, 3.05) is 12.4 Å². The number of halogens is 1. The van der Waals surface area contributed by atoms with E-state index in [1.54, 1.807) is 7.05 Å². The Balaban J connectivity index is 1.88. The van der Waals surface area contributed by atoms with E-state index in [2.05, 4.69) is 41.0 Å². The third-order valence-corrected chi connectivity index (χ3v) is 4.01. The SMILES string of the molecule is COc1nsc(CNC(=O)Nc2ncn(C)n2)c1Br. The van der Waals surface area contributed by atoms with Gasteiger partial charge in [0.2, 0.25) is 11.8 Å². The van der Waals surface area contributed by atoms with E-state index >= 15 is 0 Å². The molecule has 0 aliphatic carbocycles. The number of nitrogens with zero attached hydrogens (tertiary/aromatic N) is 4. The Bertz CT molecular complexity index is 583. The molecule has 2 N–H and O–H groups in total. The molecule has 2 aromatic rings. The Morgan fingerprint density at radius 3 is 3.00 bits per heavy atom. The van der Waals surface area contributed by atoms with Crippen LogP contribution in [0.15, 0.2) is 10.8 Å². The number of urea groups is 1. The minimum atomic E-state index is -0.384. The van der Waals surface area contributed by atoms with Crippen molar-refractivity contribution in [2.24, 2.45) is 7.05 Å². The Hall–Kier alpha value is -1.68. The molecule has 0 aliphatic rings. The summed E-state index contributed by atoms with van der Waals surface area (Å²) in [5.41, 5.74) is 0. The highest BCUT2D eigenvalue weighted by molar-refractivity contribution is 9.10. The van der Waals surface area contributed by atoms with E-state index in [4.69, 9.17) is 4.74 Å². The zero-order chi connectivity index (χ0) is 13.8.